The highest BCUT2D eigenvalue weighted by Crippen LogP contribution is 2.20. The van der Waals surface area contributed by atoms with Crippen molar-refractivity contribution in [3.8, 4) is 0 Å². The lowest BCUT2D eigenvalue weighted by Gasteiger charge is -2.10. The Bertz CT molecular complexity index is 487. The van der Waals surface area contributed by atoms with Gasteiger partial charge in [0.2, 0.25) is 0 Å². The molecular formula is C12H18N4. The summed E-state index contributed by atoms with van der Waals surface area (Å²) < 4.78 is 0. The van der Waals surface area contributed by atoms with E-state index >= 15 is 0 Å². The zero-order valence-electron chi connectivity index (χ0n) is 9.99. The van der Waals surface area contributed by atoms with Crippen molar-refractivity contribution in [2.24, 2.45) is 11.7 Å². The summed E-state index contributed by atoms with van der Waals surface area (Å²) in [5, 5.41) is 0. The number of pyridine rings is 1. The van der Waals surface area contributed by atoms with Crippen molar-refractivity contribution in [1.82, 2.24) is 15.0 Å². The smallest absolute Gasteiger partial charge is 0.178 e. The van der Waals surface area contributed by atoms with Gasteiger partial charge in [-0.05, 0) is 30.9 Å². The monoisotopic (exact) mass is 218 g/mol. The van der Waals surface area contributed by atoms with E-state index in [0.29, 0.717) is 5.92 Å². The summed E-state index contributed by atoms with van der Waals surface area (Å²) in [5.74, 6) is 1.41. The molecule has 4 heteroatoms. The van der Waals surface area contributed by atoms with Crippen LogP contribution in [0.4, 0.5) is 0 Å². The highest BCUT2D eigenvalue weighted by atomic mass is 15.0. The third kappa shape index (κ3) is 2.07. The van der Waals surface area contributed by atoms with Crippen LogP contribution in [0.2, 0.25) is 0 Å². The van der Waals surface area contributed by atoms with Gasteiger partial charge in [0.05, 0.1) is 11.6 Å². The maximum atomic E-state index is 6.09. The van der Waals surface area contributed by atoms with Gasteiger partial charge in [0.25, 0.3) is 0 Å². The molecule has 0 fully saturated rings. The van der Waals surface area contributed by atoms with E-state index < -0.39 is 0 Å². The topological polar surface area (TPSA) is 67.6 Å². The molecule has 4 nitrogen and oxygen atoms in total. The standard InChI is InChI=1S/C12H18N4/c1-7(2)6-9(13)11-15-10-8(3)4-5-14-12(10)16-11/h4-5,7,9H,6,13H2,1-3H3,(H,14,15,16). The summed E-state index contributed by atoms with van der Waals surface area (Å²) in [4.78, 5) is 11.9. The molecule has 0 saturated heterocycles. The van der Waals surface area contributed by atoms with E-state index in [0.717, 1.165) is 29.0 Å². The molecule has 3 N–H and O–H groups in total. The van der Waals surface area contributed by atoms with Crippen molar-refractivity contribution < 1.29 is 0 Å². The maximum absolute atomic E-state index is 6.09. The zero-order chi connectivity index (χ0) is 11.7. The molecule has 2 heterocycles. The van der Waals surface area contributed by atoms with E-state index in [1.165, 1.54) is 0 Å². The molecule has 0 bridgehead atoms. The van der Waals surface area contributed by atoms with Crippen molar-refractivity contribution in [2.75, 3.05) is 0 Å². The zero-order valence-corrected chi connectivity index (χ0v) is 9.99. The molecular weight excluding hydrogens is 200 g/mol. The van der Waals surface area contributed by atoms with Gasteiger partial charge in [0, 0.05) is 6.20 Å². The van der Waals surface area contributed by atoms with Crippen molar-refractivity contribution >= 4 is 11.2 Å². The number of nitrogens with two attached hydrogens (primary N) is 1. The van der Waals surface area contributed by atoms with Crippen LogP contribution in [0.5, 0.6) is 0 Å². The minimum absolute atomic E-state index is 0.0337. The van der Waals surface area contributed by atoms with Crippen molar-refractivity contribution in [3.63, 3.8) is 0 Å². The Balaban J connectivity index is 2.36. The van der Waals surface area contributed by atoms with Gasteiger partial charge in [0.1, 0.15) is 5.82 Å². The van der Waals surface area contributed by atoms with Crippen LogP contribution in [0.25, 0.3) is 11.2 Å². The lowest BCUT2D eigenvalue weighted by atomic mass is 10.0. The third-order valence-corrected chi connectivity index (χ3v) is 2.70. The fourth-order valence-corrected chi connectivity index (χ4v) is 1.85. The quantitative estimate of drug-likeness (QED) is 0.830. The number of nitrogens with zero attached hydrogens (tertiary/aromatic N) is 2. The van der Waals surface area contributed by atoms with Gasteiger partial charge < -0.3 is 10.7 Å². The Labute approximate surface area is 95.3 Å². The minimum atomic E-state index is -0.0337. The molecule has 0 radical (unpaired) electrons. The molecule has 0 aliphatic carbocycles. The molecule has 0 aromatic carbocycles. The van der Waals surface area contributed by atoms with Crippen LogP contribution in [-0.4, -0.2) is 15.0 Å². The highest BCUT2D eigenvalue weighted by molar-refractivity contribution is 5.74. The summed E-state index contributed by atoms with van der Waals surface area (Å²) in [7, 11) is 0. The van der Waals surface area contributed by atoms with E-state index in [9.17, 15) is 0 Å². The molecule has 86 valence electrons. The molecule has 0 amide bonds. The van der Waals surface area contributed by atoms with Crippen LogP contribution in [0.3, 0.4) is 0 Å². The lowest BCUT2D eigenvalue weighted by molar-refractivity contribution is 0.496. The average molecular weight is 218 g/mol. The molecule has 2 aromatic heterocycles. The lowest BCUT2D eigenvalue weighted by Crippen LogP contribution is -2.14. The second-order valence-electron chi connectivity index (χ2n) is 4.68. The number of nitrogens with one attached hydrogen (secondary N) is 1. The Morgan fingerprint density at radius 1 is 1.44 bits per heavy atom. The second-order valence-corrected chi connectivity index (χ2v) is 4.68. The molecule has 0 aliphatic rings. The molecule has 16 heavy (non-hydrogen) atoms. The van der Waals surface area contributed by atoms with Gasteiger partial charge in [-0.3, -0.25) is 0 Å². The predicted molar refractivity (Wildman–Crippen MR) is 65.0 cm³/mol. The van der Waals surface area contributed by atoms with Gasteiger partial charge >= 0.3 is 0 Å². The number of aromatic amines is 1. The molecule has 2 rings (SSSR count). The van der Waals surface area contributed by atoms with Gasteiger partial charge in [-0.1, -0.05) is 13.8 Å². The number of H-pyrrole nitrogens is 1. The summed E-state index contributed by atoms with van der Waals surface area (Å²) >= 11 is 0. The van der Waals surface area contributed by atoms with Crippen LogP contribution >= 0.6 is 0 Å². The number of hydrogen-bond acceptors (Lipinski definition) is 3. The summed E-state index contributed by atoms with van der Waals surface area (Å²) in [6, 6.07) is 1.94. The first-order chi connectivity index (χ1) is 7.58. The second kappa shape index (κ2) is 4.22. The molecule has 0 saturated carbocycles. The Hall–Kier alpha value is -1.42. The largest absolute Gasteiger partial charge is 0.339 e. The van der Waals surface area contributed by atoms with E-state index in [2.05, 4.69) is 28.8 Å². The number of hydrogen-bond donors (Lipinski definition) is 2. The predicted octanol–water partition coefficient (Wildman–Crippen LogP) is 2.31. The molecule has 1 unspecified atom stereocenters. The number of aryl methyl sites for hydroxylation is 1. The fraction of sp³-hybridized carbons (Fsp3) is 0.500. The summed E-state index contributed by atoms with van der Waals surface area (Å²) in [6.45, 7) is 6.36. The number of rotatable bonds is 3. The number of imidazole rings is 1. The molecule has 2 aromatic rings. The van der Waals surface area contributed by atoms with Crippen LogP contribution in [0, 0.1) is 12.8 Å². The minimum Gasteiger partial charge on any atom is -0.339 e. The van der Waals surface area contributed by atoms with Gasteiger partial charge in [-0.2, -0.15) is 0 Å². The van der Waals surface area contributed by atoms with Crippen LogP contribution in [0.15, 0.2) is 12.3 Å². The van der Waals surface area contributed by atoms with E-state index in [1.54, 1.807) is 6.20 Å². The number of aromatic nitrogens is 3. The normalized spacial score (nSPS) is 13.6. The molecule has 0 aliphatic heterocycles. The average Bonchev–Trinajstić information content (AvgIpc) is 2.61. The van der Waals surface area contributed by atoms with Crippen molar-refractivity contribution in [3.05, 3.63) is 23.7 Å². The fourth-order valence-electron chi connectivity index (χ4n) is 1.85. The summed E-state index contributed by atoms with van der Waals surface area (Å²) in [5.41, 5.74) is 9.00. The third-order valence-electron chi connectivity index (χ3n) is 2.70. The Morgan fingerprint density at radius 2 is 2.19 bits per heavy atom. The first kappa shape index (κ1) is 11.1. The first-order valence-corrected chi connectivity index (χ1v) is 5.64. The highest BCUT2D eigenvalue weighted by Gasteiger charge is 2.13. The Kier molecular flexibility index (Phi) is 2.92. The molecule has 0 spiro atoms. The van der Waals surface area contributed by atoms with Crippen molar-refractivity contribution in [2.45, 2.75) is 33.2 Å². The van der Waals surface area contributed by atoms with Crippen LogP contribution < -0.4 is 5.73 Å². The van der Waals surface area contributed by atoms with Crippen LogP contribution in [-0.2, 0) is 0 Å². The first-order valence-electron chi connectivity index (χ1n) is 5.64. The van der Waals surface area contributed by atoms with Crippen molar-refractivity contribution in [1.29, 1.82) is 0 Å². The van der Waals surface area contributed by atoms with Crippen LogP contribution in [0.1, 0.15) is 37.7 Å². The Morgan fingerprint density at radius 3 is 2.81 bits per heavy atom. The molecule has 1 atom stereocenters. The van der Waals surface area contributed by atoms with Gasteiger partial charge in [-0.15, -0.1) is 0 Å². The SMILES string of the molecule is Cc1ccnc2nc(C(N)CC(C)C)[nH]c12. The maximum Gasteiger partial charge on any atom is 0.178 e. The number of fused-ring (bicyclic) bond motifs is 1. The summed E-state index contributed by atoms with van der Waals surface area (Å²) in [6.07, 6.45) is 2.70. The van der Waals surface area contributed by atoms with Gasteiger partial charge in [0.15, 0.2) is 5.65 Å². The van der Waals surface area contributed by atoms with E-state index in [1.807, 2.05) is 13.0 Å². The van der Waals surface area contributed by atoms with Gasteiger partial charge in [-0.25, -0.2) is 9.97 Å². The van der Waals surface area contributed by atoms with E-state index in [-0.39, 0.29) is 6.04 Å². The van der Waals surface area contributed by atoms with E-state index in [4.69, 9.17) is 5.73 Å².